The number of fused-ring (bicyclic) bond motifs is 1. The lowest BCUT2D eigenvalue weighted by Gasteiger charge is -2.38. The highest BCUT2D eigenvalue weighted by atomic mass is 16.5. The number of aliphatic carboxylic acids is 1. The number of hydrogen-bond donors (Lipinski definition) is 5. The van der Waals surface area contributed by atoms with Gasteiger partial charge in [-0.15, -0.1) is 6.58 Å². The van der Waals surface area contributed by atoms with Gasteiger partial charge in [0.2, 0.25) is 17.7 Å². The van der Waals surface area contributed by atoms with E-state index in [9.17, 15) is 29.4 Å². The Balaban J connectivity index is 1.34. The average molecular weight is 770 g/mol. The molecule has 3 fully saturated rings. The second-order valence-corrected chi connectivity index (χ2v) is 16.6. The maximum absolute atomic E-state index is 14.9. The van der Waals surface area contributed by atoms with Crippen molar-refractivity contribution >= 4 is 34.6 Å². The summed E-state index contributed by atoms with van der Waals surface area (Å²) in [6, 6.07) is 14.0. The summed E-state index contributed by atoms with van der Waals surface area (Å²) >= 11 is 0. The maximum atomic E-state index is 14.9. The second-order valence-electron chi connectivity index (χ2n) is 16.6. The molecule has 6 rings (SSSR count). The molecule has 2 aliphatic carbocycles. The van der Waals surface area contributed by atoms with Gasteiger partial charge in [-0.2, -0.15) is 0 Å². The lowest BCUT2D eigenvalue weighted by atomic mass is 9.82. The Hall–Kier alpha value is -5.01. The Labute approximate surface area is 328 Å². The van der Waals surface area contributed by atoms with Crippen molar-refractivity contribution in [3.05, 3.63) is 67.3 Å². The summed E-state index contributed by atoms with van der Waals surface area (Å²) in [4.78, 5) is 61.9. The first kappa shape index (κ1) is 40.6. The van der Waals surface area contributed by atoms with Crippen LogP contribution in [0.25, 0.3) is 22.2 Å². The van der Waals surface area contributed by atoms with Gasteiger partial charge in [-0.05, 0) is 49.7 Å². The number of hydrogen-bond acceptors (Lipinski definition) is 9. The molecular weight excluding hydrogens is 714 g/mol. The van der Waals surface area contributed by atoms with Gasteiger partial charge in [0, 0.05) is 35.4 Å². The van der Waals surface area contributed by atoms with E-state index in [-0.39, 0.29) is 25.3 Å². The standard InChI is InChI=1S/C43H55N5O8/c1-7-28-23-43(28,41(53)54)47-38(50)34-21-30(56-35-22-32(26-14-10-8-11-15-26)45-33-20-29(55-6)18-19-31(33)35)24-48(34)40(52)37(42(3,4)5)46-39(51)36(44-25(2)49)27-16-12-9-13-17-27/h7-8,10-11,14-15,18-20,22,25,27-28,30,34,36-37,44,49H,1,9,12-13,16-17,21,23-24H2,2-6H3,(H,46,51)(H,47,50)(H,53,54)/t25?,28?,30?,34-,36?,37?,43?/m0/s1. The number of carbonyl (C=O) groups is 4. The number of pyridine rings is 1. The van der Waals surface area contributed by atoms with Crippen LogP contribution in [0.4, 0.5) is 0 Å². The van der Waals surface area contributed by atoms with E-state index in [1.165, 1.54) is 11.0 Å². The molecule has 2 aromatic carbocycles. The number of carbonyl (C=O) groups excluding carboxylic acids is 3. The van der Waals surface area contributed by atoms with Crippen molar-refractivity contribution in [2.24, 2.45) is 17.3 Å². The maximum Gasteiger partial charge on any atom is 0.330 e. The fourth-order valence-corrected chi connectivity index (χ4v) is 8.23. The number of aliphatic hydroxyl groups is 1. The SMILES string of the molecule is C=CC1CC1(NC(=O)[C@@H]1CC(Oc2cc(-c3ccccc3)nc3cc(OC)ccc23)CN1C(=O)C(NC(=O)C(NC(C)O)C1CCCCC1)C(C)(C)C)C(=O)O. The molecule has 3 aliphatic rings. The van der Waals surface area contributed by atoms with Crippen molar-refractivity contribution in [2.45, 2.75) is 109 Å². The Morgan fingerprint density at radius 2 is 1.77 bits per heavy atom. The van der Waals surface area contributed by atoms with Gasteiger partial charge in [-0.25, -0.2) is 9.78 Å². The van der Waals surface area contributed by atoms with Gasteiger partial charge < -0.3 is 35.2 Å². The van der Waals surface area contributed by atoms with Gasteiger partial charge in [0.05, 0.1) is 30.9 Å². The molecule has 3 amide bonds. The Morgan fingerprint density at radius 3 is 2.38 bits per heavy atom. The number of aliphatic hydroxyl groups excluding tert-OH is 1. The molecule has 0 spiro atoms. The van der Waals surface area contributed by atoms with E-state index >= 15 is 0 Å². The molecule has 2 heterocycles. The Bertz CT molecular complexity index is 1940. The number of carboxylic acid groups (broad SMARTS) is 1. The molecule has 0 radical (unpaired) electrons. The van der Waals surface area contributed by atoms with Crippen LogP contribution in [-0.4, -0.2) is 93.4 Å². The number of carboxylic acids is 1. The van der Waals surface area contributed by atoms with Crippen LogP contribution in [0.1, 0.15) is 72.6 Å². The van der Waals surface area contributed by atoms with E-state index in [1.807, 2.05) is 69.3 Å². The molecule has 13 nitrogen and oxygen atoms in total. The Morgan fingerprint density at radius 1 is 1.05 bits per heavy atom. The molecule has 56 heavy (non-hydrogen) atoms. The number of aromatic nitrogens is 1. The molecule has 6 unspecified atom stereocenters. The van der Waals surface area contributed by atoms with E-state index in [4.69, 9.17) is 14.5 Å². The molecule has 3 aromatic rings. The van der Waals surface area contributed by atoms with Crippen molar-refractivity contribution < 1.29 is 38.9 Å². The molecule has 13 heteroatoms. The van der Waals surface area contributed by atoms with Crippen LogP contribution in [0.15, 0.2) is 67.3 Å². The zero-order chi connectivity index (χ0) is 40.4. The minimum atomic E-state index is -1.52. The van der Waals surface area contributed by atoms with Gasteiger partial charge >= 0.3 is 5.97 Å². The fraction of sp³-hybridized carbons (Fsp3) is 0.512. The lowest BCUT2D eigenvalue weighted by Crippen LogP contribution is -2.62. The number of benzene rings is 2. The highest BCUT2D eigenvalue weighted by Crippen LogP contribution is 2.45. The first-order valence-corrected chi connectivity index (χ1v) is 19.6. The number of rotatable bonds is 14. The molecule has 2 saturated carbocycles. The van der Waals surface area contributed by atoms with Gasteiger partial charge in [-0.1, -0.05) is 76.4 Å². The predicted molar refractivity (Wildman–Crippen MR) is 212 cm³/mol. The number of nitrogens with one attached hydrogen (secondary N) is 3. The summed E-state index contributed by atoms with van der Waals surface area (Å²) in [5.74, 6) is -2.06. The molecule has 7 atom stereocenters. The molecule has 1 aromatic heterocycles. The summed E-state index contributed by atoms with van der Waals surface area (Å²) in [6.07, 6.45) is 4.79. The minimum Gasteiger partial charge on any atom is -0.497 e. The van der Waals surface area contributed by atoms with Crippen LogP contribution in [0.5, 0.6) is 11.5 Å². The zero-order valence-electron chi connectivity index (χ0n) is 32.9. The van der Waals surface area contributed by atoms with E-state index in [0.29, 0.717) is 28.1 Å². The second kappa shape index (κ2) is 16.6. The molecule has 1 aliphatic heterocycles. The quantitative estimate of drug-likeness (QED) is 0.113. The molecule has 0 bridgehead atoms. The van der Waals surface area contributed by atoms with Crippen molar-refractivity contribution in [1.29, 1.82) is 0 Å². The first-order valence-electron chi connectivity index (χ1n) is 19.6. The third-order valence-electron chi connectivity index (χ3n) is 11.4. The van der Waals surface area contributed by atoms with Crippen molar-refractivity contribution in [1.82, 2.24) is 25.8 Å². The van der Waals surface area contributed by atoms with Crippen LogP contribution >= 0.6 is 0 Å². The number of nitrogens with zero attached hydrogens (tertiary/aromatic N) is 2. The van der Waals surface area contributed by atoms with Crippen LogP contribution in [0.3, 0.4) is 0 Å². The van der Waals surface area contributed by atoms with Crippen LogP contribution in [0, 0.1) is 17.3 Å². The lowest BCUT2D eigenvalue weighted by molar-refractivity contribution is -0.147. The van der Waals surface area contributed by atoms with Crippen molar-refractivity contribution in [2.75, 3.05) is 13.7 Å². The minimum absolute atomic E-state index is 0.0110. The number of likely N-dealkylation sites (tertiary alicyclic amines) is 1. The highest BCUT2D eigenvalue weighted by molar-refractivity contribution is 5.97. The van der Waals surface area contributed by atoms with E-state index in [2.05, 4.69) is 22.5 Å². The largest absolute Gasteiger partial charge is 0.497 e. The van der Waals surface area contributed by atoms with Crippen molar-refractivity contribution in [3.8, 4) is 22.8 Å². The topological polar surface area (TPSA) is 179 Å². The summed E-state index contributed by atoms with van der Waals surface area (Å²) in [7, 11) is 1.58. The van der Waals surface area contributed by atoms with E-state index < -0.39 is 71.0 Å². The zero-order valence-corrected chi connectivity index (χ0v) is 32.9. The third-order valence-corrected chi connectivity index (χ3v) is 11.4. The van der Waals surface area contributed by atoms with Crippen LogP contribution in [-0.2, 0) is 19.2 Å². The number of ether oxygens (including phenoxy) is 2. The monoisotopic (exact) mass is 769 g/mol. The van der Waals surface area contributed by atoms with Gasteiger partial charge in [0.25, 0.3) is 0 Å². The number of amides is 3. The Kier molecular flexibility index (Phi) is 12.1. The summed E-state index contributed by atoms with van der Waals surface area (Å²) in [6.45, 7) is 10.8. The fourth-order valence-electron chi connectivity index (χ4n) is 8.23. The van der Waals surface area contributed by atoms with E-state index in [0.717, 1.165) is 37.7 Å². The average Bonchev–Trinajstić information content (AvgIpc) is 3.74. The first-order chi connectivity index (χ1) is 26.6. The summed E-state index contributed by atoms with van der Waals surface area (Å²) in [5, 5.41) is 29.9. The van der Waals surface area contributed by atoms with Crippen LogP contribution in [0.2, 0.25) is 0 Å². The van der Waals surface area contributed by atoms with E-state index in [1.54, 1.807) is 20.1 Å². The molecule has 300 valence electrons. The normalized spacial score (nSPS) is 24.1. The molecule has 5 N–H and O–H groups in total. The number of methoxy groups -OCH3 is 1. The van der Waals surface area contributed by atoms with Crippen LogP contribution < -0.4 is 25.4 Å². The molecule has 1 saturated heterocycles. The summed E-state index contributed by atoms with van der Waals surface area (Å²) < 4.78 is 12.2. The van der Waals surface area contributed by atoms with Gasteiger partial charge in [0.15, 0.2) is 0 Å². The van der Waals surface area contributed by atoms with Gasteiger partial charge in [0.1, 0.15) is 41.5 Å². The molecular formula is C43H55N5O8. The van der Waals surface area contributed by atoms with Crippen molar-refractivity contribution in [3.63, 3.8) is 0 Å². The smallest absolute Gasteiger partial charge is 0.330 e. The summed E-state index contributed by atoms with van der Waals surface area (Å²) in [5.41, 5.74) is -0.171. The third kappa shape index (κ3) is 8.68. The predicted octanol–water partition coefficient (Wildman–Crippen LogP) is 4.81. The highest BCUT2D eigenvalue weighted by Gasteiger charge is 2.61. The van der Waals surface area contributed by atoms with Gasteiger partial charge in [-0.3, -0.25) is 19.7 Å².